The number of nitrogens with two attached hydrogens (primary N) is 1. The first-order valence-corrected chi connectivity index (χ1v) is 5.18. The topological polar surface area (TPSA) is 148 Å². The van der Waals surface area contributed by atoms with E-state index in [2.05, 4.69) is 10.6 Å². The number of nitro groups is 1. The van der Waals surface area contributed by atoms with Gasteiger partial charge in [0.25, 0.3) is 5.69 Å². The Labute approximate surface area is 107 Å². The van der Waals surface area contributed by atoms with Gasteiger partial charge < -0.3 is 21.5 Å². The molecule has 0 atom stereocenters. The summed E-state index contributed by atoms with van der Waals surface area (Å²) in [5, 5.41) is 24.5. The van der Waals surface area contributed by atoms with E-state index in [0.717, 1.165) is 12.1 Å². The molecule has 0 heterocycles. The molecule has 1 rings (SSSR count). The predicted molar refractivity (Wildman–Crippen MR) is 65.5 cm³/mol. The van der Waals surface area contributed by atoms with E-state index < -0.39 is 22.5 Å². The zero-order chi connectivity index (χ0) is 14.4. The number of anilines is 1. The molecule has 9 heteroatoms. The number of hydrogen-bond acceptors (Lipinski definition) is 6. The minimum Gasteiger partial charge on any atom is -0.506 e. The lowest BCUT2D eigenvalue weighted by molar-refractivity contribution is -0.384. The number of nitrogens with zero attached hydrogens (tertiary/aromatic N) is 1. The fourth-order valence-electron chi connectivity index (χ4n) is 1.18. The maximum atomic E-state index is 11.4. The van der Waals surface area contributed by atoms with Crippen LogP contribution in [0.1, 0.15) is 0 Å². The molecule has 19 heavy (non-hydrogen) atoms. The molecule has 0 spiro atoms. The van der Waals surface area contributed by atoms with Gasteiger partial charge in [-0.25, -0.2) is 0 Å². The van der Waals surface area contributed by atoms with Crippen molar-refractivity contribution in [2.24, 2.45) is 5.73 Å². The van der Waals surface area contributed by atoms with Crippen LogP contribution in [0, 0.1) is 10.1 Å². The fourth-order valence-corrected chi connectivity index (χ4v) is 1.18. The molecule has 0 aliphatic heterocycles. The standard InChI is InChI=1S/C10H12N4O5/c11-4-9(16)12-5-10(17)13-7-2-1-6(14(18)19)3-8(7)15/h1-3,15H,4-5,11H2,(H,12,16)(H,13,17). The van der Waals surface area contributed by atoms with E-state index in [1.165, 1.54) is 6.07 Å². The smallest absolute Gasteiger partial charge is 0.273 e. The second-order valence-electron chi connectivity index (χ2n) is 3.49. The third-order valence-corrected chi connectivity index (χ3v) is 2.10. The molecule has 0 aliphatic carbocycles. The Morgan fingerprint density at radius 3 is 2.58 bits per heavy atom. The lowest BCUT2D eigenvalue weighted by Gasteiger charge is -2.07. The van der Waals surface area contributed by atoms with E-state index in [1.807, 2.05) is 0 Å². The first-order chi connectivity index (χ1) is 8.93. The van der Waals surface area contributed by atoms with Crippen molar-refractivity contribution >= 4 is 23.2 Å². The summed E-state index contributed by atoms with van der Waals surface area (Å²) in [6.45, 7) is -0.553. The summed E-state index contributed by atoms with van der Waals surface area (Å²) in [6.07, 6.45) is 0. The number of aromatic hydroxyl groups is 1. The molecule has 102 valence electrons. The van der Waals surface area contributed by atoms with Crippen molar-refractivity contribution in [1.29, 1.82) is 0 Å². The maximum Gasteiger partial charge on any atom is 0.273 e. The van der Waals surface area contributed by atoms with Crippen molar-refractivity contribution < 1.29 is 19.6 Å². The van der Waals surface area contributed by atoms with Crippen LogP contribution >= 0.6 is 0 Å². The van der Waals surface area contributed by atoms with Crippen molar-refractivity contribution in [1.82, 2.24) is 5.32 Å². The summed E-state index contributed by atoms with van der Waals surface area (Å²) in [7, 11) is 0. The van der Waals surface area contributed by atoms with Gasteiger partial charge in [0.05, 0.1) is 29.8 Å². The van der Waals surface area contributed by atoms with Gasteiger partial charge in [0.1, 0.15) is 5.75 Å². The van der Waals surface area contributed by atoms with Crippen LogP contribution in [0.3, 0.4) is 0 Å². The lowest BCUT2D eigenvalue weighted by Crippen LogP contribution is -2.36. The van der Waals surface area contributed by atoms with E-state index in [0.29, 0.717) is 0 Å². The molecule has 0 saturated carbocycles. The van der Waals surface area contributed by atoms with Crippen LogP contribution in [0.5, 0.6) is 5.75 Å². The average Bonchev–Trinajstić information content (AvgIpc) is 2.38. The Bertz CT molecular complexity index is 517. The van der Waals surface area contributed by atoms with Gasteiger partial charge in [-0.15, -0.1) is 0 Å². The van der Waals surface area contributed by atoms with Crippen LogP contribution in [0.25, 0.3) is 0 Å². The van der Waals surface area contributed by atoms with Gasteiger partial charge in [0, 0.05) is 6.07 Å². The molecular formula is C10H12N4O5. The Kier molecular flexibility index (Phi) is 4.77. The summed E-state index contributed by atoms with van der Waals surface area (Å²) in [5.41, 5.74) is 4.74. The van der Waals surface area contributed by atoms with Crippen LogP contribution in [0.15, 0.2) is 18.2 Å². The van der Waals surface area contributed by atoms with Crippen molar-refractivity contribution in [2.75, 3.05) is 18.4 Å². The molecule has 2 amide bonds. The van der Waals surface area contributed by atoms with Gasteiger partial charge >= 0.3 is 0 Å². The molecule has 0 unspecified atom stereocenters. The number of carbonyl (C=O) groups is 2. The molecule has 1 aromatic carbocycles. The summed E-state index contributed by atoms with van der Waals surface area (Å²) in [4.78, 5) is 32.0. The molecule has 0 bridgehead atoms. The number of phenols is 1. The van der Waals surface area contributed by atoms with Gasteiger partial charge in [0.15, 0.2) is 0 Å². The predicted octanol–water partition coefficient (Wildman–Crippen LogP) is -0.686. The fraction of sp³-hybridized carbons (Fsp3) is 0.200. The van der Waals surface area contributed by atoms with Crippen molar-refractivity contribution in [3.05, 3.63) is 28.3 Å². The molecule has 0 radical (unpaired) electrons. The average molecular weight is 268 g/mol. The summed E-state index contributed by atoms with van der Waals surface area (Å²) in [5.74, 6) is -1.53. The van der Waals surface area contributed by atoms with E-state index in [4.69, 9.17) is 5.73 Å². The maximum absolute atomic E-state index is 11.4. The first-order valence-electron chi connectivity index (χ1n) is 5.18. The number of nitrogens with one attached hydrogen (secondary N) is 2. The molecule has 0 saturated heterocycles. The van der Waals surface area contributed by atoms with Crippen LogP contribution in [0.4, 0.5) is 11.4 Å². The number of nitro benzene ring substituents is 1. The number of non-ortho nitro benzene ring substituents is 1. The molecule has 0 fully saturated rings. The van der Waals surface area contributed by atoms with Crippen molar-refractivity contribution in [2.45, 2.75) is 0 Å². The first kappa shape index (κ1) is 14.4. The number of phenolic OH excluding ortho intramolecular Hbond substituents is 1. The molecular weight excluding hydrogens is 256 g/mol. The van der Waals surface area contributed by atoms with E-state index in [-0.39, 0.29) is 24.5 Å². The molecule has 9 nitrogen and oxygen atoms in total. The van der Waals surface area contributed by atoms with Gasteiger partial charge in [-0.3, -0.25) is 19.7 Å². The zero-order valence-electron chi connectivity index (χ0n) is 9.75. The van der Waals surface area contributed by atoms with Crippen molar-refractivity contribution in [3.8, 4) is 5.75 Å². The van der Waals surface area contributed by atoms with Crippen LogP contribution in [-0.4, -0.2) is 34.9 Å². The second-order valence-corrected chi connectivity index (χ2v) is 3.49. The number of hydrogen-bond donors (Lipinski definition) is 4. The largest absolute Gasteiger partial charge is 0.506 e. The highest BCUT2D eigenvalue weighted by Crippen LogP contribution is 2.27. The molecule has 0 aliphatic rings. The van der Waals surface area contributed by atoms with Gasteiger partial charge in [-0.2, -0.15) is 0 Å². The highest BCUT2D eigenvalue weighted by Gasteiger charge is 2.12. The number of amides is 2. The summed E-state index contributed by atoms with van der Waals surface area (Å²) >= 11 is 0. The summed E-state index contributed by atoms with van der Waals surface area (Å²) < 4.78 is 0. The minimum absolute atomic E-state index is 0.0117. The highest BCUT2D eigenvalue weighted by atomic mass is 16.6. The Morgan fingerprint density at radius 1 is 1.37 bits per heavy atom. The Hall–Kier alpha value is -2.68. The van der Waals surface area contributed by atoms with E-state index >= 15 is 0 Å². The molecule has 0 aromatic heterocycles. The van der Waals surface area contributed by atoms with Gasteiger partial charge in [-0.1, -0.05) is 0 Å². The normalized spacial score (nSPS) is 9.74. The monoisotopic (exact) mass is 268 g/mol. The van der Waals surface area contributed by atoms with Crippen LogP contribution < -0.4 is 16.4 Å². The highest BCUT2D eigenvalue weighted by molar-refractivity contribution is 5.95. The number of carbonyl (C=O) groups excluding carboxylic acids is 2. The Morgan fingerprint density at radius 2 is 2.05 bits per heavy atom. The van der Waals surface area contributed by atoms with Gasteiger partial charge in [0.2, 0.25) is 11.8 Å². The molecule has 1 aromatic rings. The second kappa shape index (κ2) is 6.31. The van der Waals surface area contributed by atoms with Crippen molar-refractivity contribution in [3.63, 3.8) is 0 Å². The summed E-state index contributed by atoms with van der Waals surface area (Å²) in [6, 6.07) is 3.23. The van der Waals surface area contributed by atoms with Crippen LogP contribution in [0.2, 0.25) is 0 Å². The quantitative estimate of drug-likeness (QED) is 0.316. The number of benzene rings is 1. The zero-order valence-corrected chi connectivity index (χ0v) is 9.75. The lowest BCUT2D eigenvalue weighted by atomic mass is 10.2. The molecule has 5 N–H and O–H groups in total. The number of rotatable bonds is 5. The third kappa shape index (κ3) is 4.24. The minimum atomic E-state index is -0.674. The van der Waals surface area contributed by atoms with E-state index in [1.54, 1.807) is 0 Å². The van der Waals surface area contributed by atoms with Crippen LogP contribution in [-0.2, 0) is 9.59 Å². The SMILES string of the molecule is NCC(=O)NCC(=O)Nc1ccc([N+](=O)[O-])cc1O. The third-order valence-electron chi connectivity index (χ3n) is 2.10. The van der Waals surface area contributed by atoms with E-state index in [9.17, 15) is 24.8 Å². The van der Waals surface area contributed by atoms with Gasteiger partial charge in [-0.05, 0) is 6.07 Å². The Balaban J connectivity index is 2.64.